The van der Waals surface area contributed by atoms with Crippen LogP contribution in [0.4, 0.5) is 10.1 Å². The fourth-order valence-electron chi connectivity index (χ4n) is 1.50. The molecule has 2 rings (SSSR count). The third-order valence-electron chi connectivity index (χ3n) is 2.41. The van der Waals surface area contributed by atoms with Gasteiger partial charge in [-0.15, -0.1) is 0 Å². The number of aryl methyl sites for hydroxylation is 1. The summed E-state index contributed by atoms with van der Waals surface area (Å²) >= 11 is 5.69. The molecule has 92 valence electrons. The van der Waals surface area contributed by atoms with Crippen molar-refractivity contribution in [1.29, 1.82) is 0 Å². The molecule has 1 N–H and O–H groups in total. The zero-order valence-electron chi connectivity index (χ0n) is 9.58. The molecule has 0 aliphatic carbocycles. The quantitative estimate of drug-likeness (QED) is 0.845. The monoisotopic (exact) mass is 264 g/mol. The maximum absolute atomic E-state index is 13.5. The van der Waals surface area contributed by atoms with Gasteiger partial charge >= 0.3 is 0 Å². The van der Waals surface area contributed by atoms with Crippen LogP contribution in [0.15, 0.2) is 36.4 Å². The zero-order valence-corrected chi connectivity index (χ0v) is 10.3. The molecule has 0 aliphatic heterocycles. The number of anilines is 1. The van der Waals surface area contributed by atoms with Gasteiger partial charge in [-0.3, -0.25) is 4.79 Å². The lowest BCUT2D eigenvalue weighted by molar-refractivity contribution is 0.102. The summed E-state index contributed by atoms with van der Waals surface area (Å²) in [5.74, 6) is -0.976. The first-order valence-corrected chi connectivity index (χ1v) is 5.65. The number of hydrogen-bond donors (Lipinski definition) is 1. The van der Waals surface area contributed by atoms with Gasteiger partial charge < -0.3 is 5.32 Å². The van der Waals surface area contributed by atoms with Crippen LogP contribution in [-0.2, 0) is 0 Å². The highest BCUT2D eigenvalue weighted by Crippen LogP contribution is 2.19. The highest BCUT2D eigenvalue weighted by atomic mass is 35.5. The van der Waals surface area contributed by atoms with Crippen LogP contribution in [0.1, 0.15) is 16.1 Å². The third kappa shape index (κ3) is 2.65. The number of rotatable bonds is 2. The third-order valence-corrected chi connectivity index (χ3v) is 2.62. The van der Waals surface area contributed by atoms with E-state index in [0.717, 1.165) is 0 Å². The predicted octanol–water partition coefficient (Wildman–Crippen LogP) is 3.43. The van der Waals surface area contributed by atoms with Gasteiger partial charge in [0.1, 0.15) is 16.7 Å². The SMILES string of the molecule is Cc1cccc(F)c1NC(=O)c1cccc(Cl)n1. The number of carbonyl (C=O) groups is 1. The van der Waals surface area contributed by atoms with E-state index in [1.807, 2.05) is 0 Å². The van der Waals surface area contributed by atoms with Gasteiger partial charge in [0.25, 0.3) is 5.91 Å². The number of benzene rings is 1. The number of halogens is 2. The van der Waals surface area contributed by atoms with Crippen molar-refractivity contribution in [3.63, 3.8) is 0 Å². The number of aromatic nitrogens is 1. The molecule has 0 aliphatic rings. The number of para-hydroxylation sites is 1. The van der Waals surface area contributed by atoms with Crippen LogP contribution in [0.2, 0.25) is 5.15 Å². The van der Waals surface area contributed by atoms with Gasteiger partial charge in [-0.25, -0.2) is 9.37 Å². The van der Waals surface area contributed by atoms with Crippen molar-refractivity contribution in [1.82, 2.24) is 4.98 Å². The highest BCUT2D eigenvalue weighted by Gasteiger charge is 2.12. The lowest BCUT2D eigenvalue weighted by atomic mass is 10.2. The van der Waals surface area contributed by atoms with Crippen molar-refractivity contribution in [3.05, 3.63) is 58.6 Å². The Labute approximate surface area is 109 Å². The van der Waals surface area contributed by atoms with E-state index >= 15 is 0 Å². The van der Waals surface area contributed by atoms with Gasteiger partial charge in [0.2, 0.25) is 0 Å². The molecule has 0 saturated heterocycles. The van der Waals surface area contributed by atoms with Crippen molar-refractivity contribution in [2.75, 3.05) is 5.32 Å². The second kappa shape index (κ2) is 5.14. The topological polar surface area (TPSA) is 42.0 Å². The fourth-order valence-corrected chi connectivity index (χ4v) is 1.67. The van der Waals surface area contributed by atoms with E-state index < -0.39 is 11.7 Å². The maximum Gasteiger partial charge on any atom is 0.274 e. The second-order valence-corrected chi connectivity index (χ2v) is 4.12. The molecule has 1 heterocycles. The summed E-state index contributed by atoms with van der Waals surface area (Å²) in [4.78, 5) is 15.7. The van der Waals surface area contributed by atoms with Crippen LogP contribution in [0.5, 0.6) is 0 Å². The fraction of sp³-hybridized carbons (Fsp3) is 0.0769. The van der Waals surface area contributed by atoms with Crippen LogP contribution in [0.25, 0.3) is 0 Å². The lowest BCUT2D eigenvalue weighted by Gasteiger charge is -2.08. The second-order valence-electron chi connectivity index (χ2n) is 3.73. The molecule has 0 unspecified atom stereocenters. The first-order valence-electron chi connectivity index (χ1n) is 5.27. The maximum atomic E-state index is 13.5. The minimum absolute atomic E-state index is 0.144. The molecule has 5 heteroatoms. The number of hydrogen-bond acceptors (Lipinski definition) is 2. The number of nitrogens with zero attached hydrogens (tertiary/aromatic N) is 1. The molecule has 0 fully saturated rings. The molecule has 2 aromatic rings. The minimum atomic E-state index is -0.495. The first-order chi connectivity index (χ1) is 8.58. The Hall–Kier alpha value is -1.94. The highest BCUT2D eigenvalue weighted by molar-refractivity contribution is 6.29. The Morgan fingerprint density at radius 3 is 2.67 bits per heavy atom. The van der Waals surface area contributed by atoms with Crippen LogP contribution >= 0.6 is 11.6 Å². The van der Waals surface area contributed by atoms with Crippen molar-refractivity contribution >= 4 is 23.2 Å². The van der Waals surface area contributed by atoms with E-state index in [-0.39, 0.29) is 16.5 Å². The van der Waals surface area contributed by atoms with Gasteiger partial charge in [-0.05, 0) is 30.7 Å². The average Bonchev–Trinajstić information content (AvgIpc) is 2.34. The Kier molecular flexibility index (Phi) is 3.58. The summed E-state index contributed by atoms with van der Waals surface area (Å²) in [5, 5.41) is 2.70. The van der Waals surface area contributed by atoms with Crippen LogP contribution in [0, 0.1) is 12.7 Å². The molecule has 0 saturated carbocycles. The van der Waals surface area contributed by atoms with E-state index in [2.05, 4.69) is 10.3 Å². The Morgan fingerprint density at radius 1 is 1.28 bits per heavy atom. The summed E-state index contributed by atoms with van der Waals surface area (Å²) in [6.07, 6.45) is 0. The van der Waals surface area contributed by atoms with Gasteiger partial charge in [0, 0.05) is 0 Å². The molecule has 0 atom stereocenters. The summed E-state index contributed by atoms with van der Waals surface area (Å²) in [7, 11) is 0. The standard InChI is InChI=1S/C13H10ClFN2O/c1-8-4-2-5-9(15)12(8)17-13(18)10-6-3-7-11(14)16-10/h2-7H,1H3,(H,17,18). The summed E-state index contributed by atoms with van der Waals surface area (Å²) in [6.45, 7) is 1.71. The normalized spacial score (nSPS) is 10.2. The van der Waals surface area contributed by atoms with Gasteiger partial charge in [0.15, 0.2) is 0 Å². The molecular weight excluding hydrogens is 255 g/mol. The van der Waals surface area contributed by atoms with E-state index in [9.17, 15) is 9.18 Å². The van der Waals surface area contributed by atoms with Gasteiger partial charge in [-0.1, -0.05) is 29.8 Å². The number of nitrogens with one attached hydrogen (secondary N) is 1. The Morgan fingerprint density at radius 2 is 2.00 bits per heavy atom. The number of pyridine rings is 1. The van der Waals surface area contributed by atoms with Crippen LogP contribution < -0.4 is 5.32 Å². The van der Waals surface area contributed by atoms with Crippen LogP contribution in [-0.4, -0.2) is 10.9 Å². The molecule has 1 aromatic carbocycles. The lowest BCUT2D eigenvalue weighted by Crippen LogP contribution is -2.15. The molecule has 0 bridgehead atoms. The smallest absolute Gasteiger partial charge is 0.274 e. The zero-order chi connectivity index (χ0) is 13.1. The molecule has 18 heavy (non-hydrogen) atoms. The summed E-state index contributed by atoms with van der Waals surface area (Å²) in [5.41, 5.74) is 0.944. The van der Waals surface area contributed by atoms with Crippen molar-refractivity contribution in [2.24, 2.45) is 0 Å². The van der Waals surface area contributed by atoms with E-state index in [4.69, 9.17) is 11.6 Å². The van der Waals surface area contributed by atoms with E-state index in [0.29, 0.717) is 5.56 Å². The Balaban J connectivity index is 2.27. The van der Waals surface area contributed by atoms with E-state index in [1.54, 1.807) is 31.2 Å². The largest absolute Gasteiger partial charge is 0.318 e. The first kappa shape index (κ1) is 12.5. The van der Waals surface area contributed by atoms with Gasteiger partial charge in [0.05, 0.1) is 5.69 Å². The molecule has 1 amide bonds. The summed E-state index contributed by atoms with van der Waals surface area (Å²) in [6, 6.07) is 9.26. The van der Waals surface area contributed by atoms with Crippen molar-refractivity contribution in [2.45, 2.75) is 6.92 Å². The predicted molar refractivity (Wildman–Crippen MR) is 68.3 cm³/mol. The van der Waals surface area contributed by atoms with Crippen molar-refractivity contribution in [3.8, 4) is 0 Å². The Bertz CT molecular complexity index is 581. The van der Waals surface area contributed by atoms with Gasteiger partial charge in [-0.2, -0.15) is 0 Å². The molecule has 0 spiro atoms. The molecule has 1 aromatic heterocycles. The average molecular weight is 265 g/mol. The number of amides is 1. The molecule has 3 nitrogen and oxygen atoms in total. The molecular formula is C13H10ClFN2O. The van der Waals surface area contributed by atoms with Crippen LogP contribution in [0.3, 0.4) is 0 Å². The van der Waals surface area contributed by atoms with E-state index in [1.165, 1.54) is 12.1 Å². The van der Waals surface area contributed by atoms with Crippen molar-refractivity contribution < 1.29 is 9.18 Å². The minimum Gasteiger partial charge on any atom is -0.318 e. The summed E-state index contributed by atoms with van der Waals surface area (Å²) < 4.78 is 13.5. The molecule has 0 radical (unpaired) electrons. The number of carbonyl (C=O) groups excluding carboxylic acids is 1.